The Hall–Kier alpha value is -0.620. The number of carboxylic acid groups (broad SMARTS) is 2. The average Bonchev–Trinajstić information content (AvgIpc) is 2.15. The van der Waals surface area contributed by atoms with E-state index < -0.39 is 35.6 Å². The standard InChI is InChI=1S/C6H2F8O4.Na.H/c7-3(8,1(15)16)5(11,12)6(13,14)4(9,10)2(17)18;;/h(H,15,16)(H,17,18);;. The molecule has 0 saturated heterocycles. The molecule has 0 unspecified atom stereocenters. The number of rotatable bonds is 5. The van der Waals surface area contributed by atoms with Gasteiger partial charge in [0.25, 0.3) is 0 Å². The fourth-order valence-electron chi connectivity index (χ4n) is 0.663. The first-order valence-electron chi connectivity index (χ1n) is 3.62. The van der Waals surface area contributed by atoms with Gasteiger partial charge in [-0.15, -0.1) is 0 Å². The van der Waals surface area contributed by atoms with Crippen LogP contribution in [0, 0.1) is 0 Å². The van der Waals surface area contributed by atoms with E-state index in [1.807, 2.05) is 0 Å². The van der Waals surface area contributed by atoms with Crippen LogP contribution in [-0.2, 0) is 9.59 Å². The molecular formula is C6H3F8NaO4. The third-order valence-corrected chi connectivity index (χ3v) is 1.72. The molecule has 0 aliphatic heterocycles. The SMILES string of the molecule is O=C(O)C(F)(F)C(F)(F)C(F)(F)C(F)(F)C(=O)O.[NaH]. The van der Waals surface area contributed by atoms with Gasteiger partial charge in [-0.2, -0.15) is 35.1 Å². The van der Waals surface area contributed by atoms with Crippen LogP contribution < -0.4 is 0 Å². The molecule has 0 aromatic rings. The third kappa shape index (κ3) is 2.79. The van der Waals surface area contributed by atoms with Crippen molar-refractivity contribution in [1.29, 1.82) is 0 Å². The molecule has 13 heteroatoms. The second kappa shape index (κ2) is 5.40. The molecule has 0 radical (unpaired) electrons. The molecule has 0 bridgehead atoms. The summed E-state index contributed by atoms with van der Waals surface area (Å²) in [5.41, 5.74) is 0. The fourth-order valence-corrected chi connectivity index (χ4v) is 0.663. The van der Waals surface area contributed by atoms with Gasteiger partial charge in [-0.25, -0.2) is 9.59 Å². The molecule has 4 nitrogen and oxygen atoms in total. The van der Waals surface area contributed by atoms with Crippen molar-refractivity contribution in [2.45, 2.75) is 23.7 Å². The summed E-state index contributed by atoms with van der Waals surface area (Å²) in [4.78, 5) is 19.3. The number of carbonyl (C=O) groups is 2. The predicted octanol–water partition coefficient (Wildman–Crippen LogP) is 1.05. The topological polar surface area (TPSA) is 74.6 Å². The second-order valence-corrected chi connectivity index (χ2v) is 2.91. The van der Waals surface area contributed by atoms with E-state index in [0.29, 0.717) is 0 Å². The van der Waals surface area contributed by atoms with Crippen molar-refractivity contribution in [3.05, 3.63) is 0 Å². The van der Waals surface area contributed by atoms with Crippen LogP contribution in [0.3, 0.4) is 0 Å². The van der Waals surface area contributed by atoms with E-state index in [9.17, 15) is 44.7 Å². The number of hydrogen-bond acceptors (Lipinski definition) is 2. The van der Waals surface area contributed by atoms with E-state index in [1.54, 1.807) is 0 Å². The number of carboxylic acids is 2. The summed E-state index contributed by atoms with van der Waals surface area (Å²) in [5, 5.41) is 15.2. The van der Waals surface area contributed by atoms with Crippen LogP contribution in [0.1, 0.15) is 0 Å². The molecule has 0 heterocycles. The molecule has 0 aliphatic rings. The normalized spacial score (nSPS) is 13.7. The molecule has 0 aromatic heterocycles. The Morgan fingerprint density at radius 2 is 0.789 bits per heavy atom. The van der Waals surface area contributed by atoms with Gasteiger partial charge in [0.1, 0.15) is 0 Å². The Kier molecular flexibility index (Phi) is 5.88. The van der Waals surface area contributed by atoms with Crippen molar-refractivity contribution < 1.29 is 54.9 Å². The number of hydrogen-bond donors (Lipinski definition) is 2. The molecule has 0 amide bonds. The molecule has 0 aliphatic carbocycles. The van der Waals surface area contributed by atoms with E-state index in [2.05, 4.69) is 0 Å². The van der Waals surface area contributed by atoms with E-state index in [0.717, 1.165) is 0 Å². The predicted molar refractivity (Wildman–Crippen MR) is 42.2 cm³/mol. The molecule has 108 valence electrons. The Bertz CT molecular complexity index is 345. The summed E-state index contributed by atoms with van der Waals surface area (Å²) in [5.74, 6) is -35.0. The Morgan fingerprint density at radius 1 is 0.632 bits per heavy atom. The minimum atomic E-state index is -7.12. The summed E-state index contributed by atoms with van der Waals surface area (Å²) >= 11 is 0. The van der Waals surface area contributed by atoms with Crippen LogP contribution in [0.5, 0.6) is 0 Å². The van der Waals surface area contributed by atoms with Gasteiger partial charge < -0.3 is 10.2 Å². The monoisotopic (exact) mass is 314 g/mol. The summed E-state index contributed by atoms with van der Waals surface area (Å²) in [7, 11) is 0. The molecule has 0 atom stereocenters. The van der Waals surface area contributed by atoms with Crippen molar-refractivity contribution in [2.75, 3.05) is 0 Å². The molecule has 2 N–H and O–H groups in total. The third-order valence-electron chi connectivity index (χ3n) is 1.72. The van der Waals surface area contributed by atoms with E-state index in [4.69, 9.17) is 10.2 Å². The van der Waals surface area contributed by atoms with Crippen LogP contribution >= 0.6 is 0 Å². The molecule has 0 fully saturated rings. The zero-order valence-corrected chi connectivity index (χ0v) is 7.73. The first-order valence-corrected chi connectivity index (χ1v) is 3.62. The van der Waals surface area contributed by atoms with Crippen LogP contribution in [0.2, 0.25) is 0 Å². The van der Waals surface area contributed by atoms with Crippen LogP contribution in [0.25, 0.3) is 0 Å². The van der Waals surface area contributed by atoms with Crippen molar-refractivity contribution >= 4 is 41.5 Å². The van der Waals surface area contributed by atoms with Gasteiger partial charge >= 0.3 is 65.2 Å². The number of alkyl halides is 8. The first kappa shape index (κ1) is 20.7. The van der Waals surface area contributed by atoms with Gasteiger partial charge in [-0.05, 0) is 0 Å². The molecule has 0 aromatic carbocycles. The molecular weight excluding hydrogens is 311 g/mol. The fraction of sp³-hybridized carbons (Fsp3) is 0.667. The molecule has 19 heavy (non-hydrogen) atoms. The summed E-state index contributed by atoms with van der Waals surface area (Å²) in [6.45, 7) is 0. The van der Waals surface area contributed by atoms with Crippen molar-refractivity contribution in [3.8, 4) is 0 Å². The van der Waals surface area contributed by atoms with Crippen molar-refractivity contribution in [1.82, 2.24) is 0 Å². The van der Waals surface area contributed by atoms with Crippen LogP contribution in [-0.4, -0.2) is 75.4 Å². The van der Waals surface area contributed by atoms with Crippen LogP contribution in [0.4, 0.5) is 35.1 Å². The van der Waals surface area contributed by atoms with Gasteiger partial charge in [-0.1, -0.05) is 0 Å². The maximum absolute atomic E-state index is 12.5. The number of aliphatic carboxylic acids is 2. The summed E-state index contributed by atoms with van der Waals surface area (Å²) < 4.78 is 98.9. The van der Waals surface area contributed by atoms with E-state index in [1.165, 1.54) is 0 Å². The summed E-state index contributed by atoms with van der Waals surface area (Å²) in [6.07, 6.45) is 0. The number of halogens is 8. The summed E-state index contributed by atoms with van der Waals surface area (Å²) in [6, 6.07) is 0. The quantitative estimate of drug-likeness (QED) is 0.587. The second-order valence-electron chi connectivity index (χ2n) is 2.91. The Balaban J connectivity index is 0. The van der Waals surface area contributed by atoms with Gasteiger partial charge in [-0.3, -0.25) is 0 Å². The average molecular weight is 314 g/mol. The zero-order chi connectivity index (χ0) is 15.2. The zero-order valence-electron chi connectivity index (χ0n) is 7.73. The van der Waals surface area contributed by atoms with Crippen LogP contribution in [0.15, 0.2) is 0 Å². The Morgan fingerprint density at radius 3 is 0.895 bits per heavy atom. The van der Waals surface area contributed by atoms with Gasteiger partial charge in [0.15, 0.2) is 0 Å². The van der Waals surface area contributed by atoms with Crippen molar-refractivity contribution in [3.63, 3.8) is 0 Å². The first-order chi connectivity index (χ1) is 7.64. The van der Waals surface area contributed by atoms with E-state index >= 15 is 0 Å². The Labute approximate surface area is 120 Å². The van der Waals surface area contributed by atoms with Crippen molar-refractivity contribution in [2.24, 2.45) is 0 Å². The van der Waals surface area contributed by atoms with Gasteiger partial charge in [0, 0.05) is 0 Å². The van der Waals surface area contributed by atoms with E-state index in [-0.39, 0.29) is 29.6 Å². The molecule has 0 saturated carbocycles. The van der Waals surface area contributed by atoms with Gasteiger partial charge in [0.05, 0.1) is 0 Å². The van der Waals surface area contributed by atoms with Gasteiger partial charge in [0.2, 0.25) is 0 Å². The maximum atomic E-state index is 12.5. The molecule has 0 spiro atoms. The minimum absolute atomic E-state index is 0. The molecule has 0 rings (SSSR count).